The van der Waals surface area contributed by atoms with Crippen molar-refractivity contribution in [3.05, 3.63) is 41.2 Å². The highest BCUT2D eigenvalue weighted by atomic mass is 35.5. The Morgan fingerprint density at radius 1 is 1.48 bits per heavy atom. The van der Waals surface area contributed by atoms with Crippen molar-refractivity contribution in [2.24, 2.45) is 0 Å². The topological polar surface area (TPSA) is 56.2 Å². The maximum atomic E-state index is 12.3. The summed E-state index contributed by atoms with van der Waals surface area (Å²) in [5.41, 5.74) is 0.767. The molecule has 0 aliphatic heterocycles. The summed E-state index contributed by atoms with van der Waals surface area (Å²) in [5, 5.41) is 6.98. The minimum Gasteiger partial charge on any atom is -0.433 e. The van der Waals surface area contributed by atoms with Gasteiger partial charge in [-0.2, -0.15) is 13.9 Å². The third-order valence-corrected chi connectivity index (χ3v) is 2.94. The van der Waals surface area contributed by atoms with Crippen LogP contribution in [0.5, 0.6) is 5.75 Å². The summed E-state index contributed by atoms with van der Waals surface area (Å²) in [4.78, 5) is 11.9. The van der Waals surface area contributed by atoms with Crippen LogP contribution in [-0.2, 0) is 11.3 Å². The van der Waals surface area contributed by atoms with Gasteiger partial charge < -0.3 is 10.1 Å². The summed E-state index contributed by atoms with van der Waals surface area (Å²) in [7, 11) is 0. The number of alkyl halides is 2. The fraction of sp³-hybridized carbons (Fsp3) is 0.231. The molecular weight excluding hydrogens is 304 g/mol. The van der Waals surface area contributed by atoms with Gasteiger partial charge in [0.2, 0.25) is 5.91 Å². The van der Waals surface area contributed by atoms with E-state index in [1.165, 1.54) is 29.1 Å². The van der Waals surface area contributed by atoms with Crippen molar-refractivity contribution in [3.63, 3.8) is 0 Å². The molecule has 1 amide bonds. The van der Waals surface area contributed by atoms with Crippen molar-refractivity contribution in [2.45, 2.75) is 20.1 Å². The number of nitrogens with one attached hydrogen (secondary N) is 1. The predicted octanol–water partition coefficient (Wildman–Crippen LogP) is 3.09. The zero-order chi connectivity index (χ0) is 15.4. The molecule has 0 atom stereocenters. The van der Waals surface area contributed by atoms with Crippen molar-refractivity contribution >= 4 is 23.2 Å². The number of carbonyl (C=O) groups excluding carboxylic acids is 1. The molecule has 112 valence electrons. The largest absolute Gasteiger partial charge is 0.433 e. The van der Waals surface area contributed by atoms with E-state index in [4.69, 9.17) is 11.6 Å². The quantitative estimate of drug-likeness (QED) is 0.922. The second-order valence-electron chi connectivity index (χ2n) is 4.18. The highest BCUT2D eigenvalue weighted by molar-refractivity contribution is 6.31. The minimum atomic E-state index is -2.96. The monoisotopic (exact) mass is 315 g/mol. The molecular formula is C13H12ClF2N3O2. The molecule has 0 saturated heterocycles. The third kappa shape index (κ3) is 4.16. The molecule has 0 aliphatic carbocycles. The molecule has 5 nitrogen and oxygen atoms in total. The molecule has 1 aromatic carbocycles. The molecule has 0 fully saturated rings. The predicted molar refractivity (Wildman–Crippen MR) is 73.7 cm³/mol. The van der Waals surface area contributed by atoms with Gasteiger partial charge >= 0.3 is 6.61 Å². The van der Waals surface area contributed by atoms with Crippen LogP contribution in [0.3, 0.4) is 0 Å². The summed E-state index contributed by atoms with van der Waals surface area (Å²) in [5.74, 6) is -0.532. The number of carbonyl (C=O) groups is 1. The Labute approximate surface area is 124 Å². The molecule has 0 saturated carbocycles. The van der Waals surface area contributed by atoms with Crippen LogP contribution in [0, 0.1) is 6.92 Å². The fourth-order valence-corrected chi connectivity index (χ4v) is 1.83. The van der Waals surface area contributed by atoms with Gasteiger partial charge in [0.05, 0.1) is 16.4 Å². The molecule has 0 unspecified atom stereocenters. The van der Waals surface area contributed by atoms with Crippen LogP contribution in [-0.4, -0.2) is 22.3 Å². The maximum absolute atomic E-state index is 12.3. The molecule has 0 bridgehead atoms. The van der Waals surface area contributed by atoms with Gasteiger partial charge in [0.15, 0.2) is 0 Å². The van der Waals surface area contributed by atoms with E-state index in [0.29, 0.717) is 10.7 Å². The lowest BCUT2D eigenvalue weighted by molar-refractivity contribution is -0.117. The van der Waals surface area contributed by atoms with E-state index in [2.05, 4.69) is 15.2 Å². The molecule has 0 spiro atoms. The number of aromatic nitrogens is 2. The van der Waals surface area contributed by atoms with Crippen LogP contribution >= 0.6 is 11.6 Å². The van der Waals surface area contributed by atoms with E-state index >= 15 is 0 Å². The SMILES string of the molecule is Cc1nn(CC(=O)Nc2ccccc2OC(F)F)cc1Cl. The van der Waals surface area contributed by atoms with Gasteiger partial charge in [-0.3, -0.25) is 9.48 Å². The van der Waals surface area contributed by atoms with Gasteiger partial charge in [0, 0.05) is 6.20 Å². The Balaban J connectivity index is 2.05. The van der Waals surface area contributed by atoms with E-state index in [1.54, 1.807) is 13.0 Å². The van der Waals surface area contributed by atoms with Crippen LogP contribution in [0.1, 0.15) is 5.69 Å². The molecule has 1 aromatic heterocycles. The lowest BCUT2D eigenvalue weighted by atomic mass is 10.3. The second-order valence-corrected chi connectivity index (χ2v) is 4.59. The van der Waals surface area contributed by atoms with Gasteiger partial charge in [0.1, 0.15) is 12.3 Å². The van der Waals surface area contributed by atoms with Crippen molar-refractivity contribution in [1.29, 1.82) is 0 Å². The highest BCUT2D eigenvalue weighted by Gasteiger charge is 2.12. The summed E-state index contributed by atoms with van der Waals surface area (Å²) < 4.78 is 30.2. The van der Waals surface area contributed by atoms with Crippen LogP contribution in [0.2, 0.25) is 5.02 Å². The standard InChI is InChI=1S/C13H12ClF2N3O2/c1-8-9(14)6-19(18-8)7-12(20)17-10-4-2-3-5-11(10)21-13(15)16/h2-6,13H,7H2,1H3,(H,17,20). The van der Waals surface area contributed by atoms with Gasteiger partial charge in [-0.15, -0.1) is 0 Å². The summed E-state index contributed by atoms with van der Waals surface area (Å²) in [6.45, 7) is -1.34. The molecule has 2 aromatic rings. The number of ether oxygens (including phenoxy) is 1. The average Bonchev–Trinajstić information content (AvgIpc) is 2.70. The van der Waals surface area contributed by atoms with Crippen LogP contribution in [0.25, 0.3) is 0 Å². The molecule has 1 heterocycles. The summed E-state index contributed by atoms with van der Waals surface area (Å²) >= 11 is 5.84. The number of rotatable bonds is 5. The van der Waals surface area contributed by atoms with Crippen LogP contribution in [0.4, 0.5) is 14.5 Å². The first-order valence-corrected chi connectivity index (χ1v) is 6.36. The molecule has 0 aliphatic rings. The number of hydrogen-bond acceptors (Lipinski definition) is 3. The molecule has 21 heavy (non-hydrogen) atoms. The molecule has 2 rings (SSSR count). The first-order valence-electron chi connectivity index (χ1n) is 5.99. The van der Waals surface area contributed by atoms with Gasteiger partial charge in [-0.25, -0.2) is 0 Å². The zero-order valence-electron chi connectivity index (χ0n) is 11.0. The number of benzene rings is 1. The van der Waals surface area contributed by atoms with Crippen LogP contribution in [0.15, 0.2) is 30.5 Å². The van der Waals surface area contributed by atoms with Crippen molar-refractivity contribution in [2.75, 3.05) is 5.32 Å². The molecule has 8 heteroatoms. The van der Waals surface area contributed by atoms with Crippen molar-refractivity contribution in [3.8, 4) is 5.75 Å². The third-order valence-electron chi connectivity index (χ3n) is 2.57. The number of amides is 1. The Morgan fingerprint density at radius 3 is 2.81 bits per heavy atom. The summed E-state index contributed by atoms with van der Waals surface area (Å²) in [6, 6.07) is 5.94. The lowest BCUT2D eigenvalue weighted by Gasteiger charge is -2.11. The van der Waals surface area contributed by atoms with E-state index < -0.39 is 12.5 Å². The molecule has 1 N–H and O–H groups in total. The minimum absolute atomic E-state index is 0.0867. The number of halogens is 3. The maximum Gasteiger partial charge on any atom is 0.387 e. The second kappa shape index (κ2) is 6.53. The average molecular weight is 316 g/mol. The van der Waals surface area contributed by atoms with Gasteiger partial charge in [-0.05, 0) is 19.1 Å². The fourth-order valence-electron chi connectivity index (χ4n) is 1.68. The van der Waals surface area contributed by atoms with E-state index in [9.17, 15) is 13.6 Å². The lowest BCUT2D eigenvalue weighted by Crippen LogP contribution is -2.20. The van der Waals surface area contributed by atoms with Gasteiger partial charge in [-0.1, -0.05) is 23.7 Å². The number of anilines is 1. The Hall–Kier alpha value is -2.15. The van der Waals surface area contributed by atoms with E-state index in [1.807, 2.05) is 0 Å². The van der Waals surface area contributed by atoms with Crippen LogP contribution < -0.4 is 10.1 Å². The van der Waals surface area contributed by atoms with E-state index in [0.717, 1.165) is 0 Å². The number of para-hydroxylation sites is 2. The number of hydrogen-bond donors (Lipinski definition) is 1. The zero-order valence-corrected chi connectivity index (χ0v) is 11.8. The van der Waals surface area contributed by atoms with Crippen molar-refractivity contribution < 1.29 is 18.3 Å². The normalized spacial score (nSPS) is 10.7. The van der Waals surface area contributed by atoms with E-state index in [-0.39, 0.29) is 18.0 Å². The smallest absolute Gasteiger partial charge is 0.387 e. The number of nitrogens with zero attached hydrogens (tertiary/aromatic N) is 2. The van der Waals surface area contributed by atoms with Gasteiger partial charge in [0.25, 0.3) is 0 Å². The first kappa shape index (κ1) is 15.2. The Kier molecular flexibility index (Phi) is 4.74. The molecule has 0 radical (unpaired) electrons. The summed E-state index contributed by atoms with van der Waals surface area (Å²) in [6.07, 6.45) is 1.51. The van der Waals surface area contributed by atoms with Crippen molar-refractivity contribution in [1.82, 2.24) is 9.78 Å². The Bertz CT molecular complexity index is 627. The first-order chi connectivity index (χ1) is 9.95. The highest BCUT2D eigenvalue weighted by Crippen LogP contribution is 2.25. The Morgan fingerprint density at radius 2 is 2.19 bits per heavy atom. The number of aryl methyl sites for hydroxylation is 1.